The number of rotatable bonds is 4. The maximum Gasteiger partial charge on any atom is 0.261 e. The van der Waals surface area contributed by atoms with Crippen molar-refractivity contribution in [1.82, 2.24) is 0 Å². The molecule has 0 aromatic heterocycles. The number of sulfonamides is 1. The molecular formula is C13H10BrFN2O2S2. The van der Waals surface area contributed by atoms with Gasteiger partial charge in [-0.15, -0.1) is 0 Å². The van der Waals surface area contributed by atoms with Crippen molar-refractivity contribution >= 4 is 48.8 Å². The molecule has 0 saturated carbocycles. The van der Waals surface area contributed by atoms with Gasteiger partial charge in [-0.2, -0.15) is 0 Å². The lowest BCUT2D eigenvalue weighted by Crippen LogP contribution is -2.15. The monoisotopic (exact) mass is 388 g/mol. The number of nitrogens with two attached hydrogens (primary N) is 1. The van der Waals surface area contributed by atoms with E-state index in [0.29, 0.717) is 10.0 Å². The molecule has 2 aromatic rings. The maximum absolute atomic E-state index is 13.7. The van der Waals surface area contributed by atoms with Crippen molar-refractivity contribution in [2.24, 2.45) is 5.73 Å². The van der Waals surface area contributed by atoms with Crippen LogP contribution in [0.15, 0.2) is 51.8 Å². The topological polar surface area (TPSA) is 72.2 Å². The summed E-state index contributed by atoms with van der Waals surface area (Å²) in [6.07, 6.45) is 0. The van der Waals surface area contributed by atoms with Crippen LogP contribution in [0.25, 0.3) is 0 Å². The standard InChI is InChI=1S/C13H10BrFN2O2S2/c14-9-3-6-12(11(15)7-9)17-21(18,19)10-4-1-8(2-5-10)13(16)20/h1-7,17H,(H2,16,20). The molecule has 4 nitrogen and oxygen atoms in total. The Kier molecular flexibility index (Phi) is 4.60. The lowest BCUT2D eigenvalue weighted by molar-refractivity contribution is 0.598. The molecule has 0 bridgehead atoms. The first-order valence-electron chi connectivity index (χ1n) is 5.67. The van der Waals surface area contributed by atoms with E-state index in [1.165, 1.54) is 42.5 Å². The van der Waals surface area contributed by atoms with Crippen LogP contribution in [0.2, 0.25) is 0 Å². The van der Waals surface area contributed by atoms with Crippen LogP contribution in [0.5, 0.6) is 0 Å². The van der Waals surface area contributed by atoms with Gasteiger partial charge in [0.05, 0.1) is 10.6 Å². The lowest BCUT2D eigenvalue weighted by Gasteiger charge is -2.09. The van der Waals surface area contributed by atoms with E-state index in [1.807, 2.05) is 0 Å². The summed E-state index contributed by atoms with van der Waals surface area (Å²) < 4.78 is 40.7. The molecule has 0 amide bonds. The van der Waals surface area contributed by atoms with Crippen molar-refractivity contribution in [3.05, 3.63) is 58.3 Å². The number of hydrogen-bond acceptors (Lipinski definition) is 3. The molecule has 0 fully saturated rings. The van der Waals surface area contributed by atoms with Crippen molar-refractivity contribution < 1.29 is 12.8 Å². The highest BCUT2D eigenvalue weighted by Gasteiger charge is 2.16. The molecule has 110 valence electrons. The molecule has 0 saturated heterocycles. The van der Waals surface area contributed by atoms with Crippen LogP contribution < -0.4 is 10.5 Å². The van der Waals surface area contributed by atoms with Gasteiger partial charge in [0.2, 0.25) is 0 Å². The smallest absolute Gasteiger partial charge is 0.261 e. The third-order valence-electron chi connectivity index (χ3n) is 2.62. The van der Waals surface area contributed by atoms with E-state index >= 15 is 0 Å². The maximum atomic E-state index is 13.7. The second kappa shape index (κ2) is 6.08. The SMILES string of the molecule is NC(=S)c1ccc(S(=O)(=O)Nc2ccc(Br)cc2F)cc1. The molecule has 0 radical (unpaired) electrons. The van der Waals surface area contributed by atoms with Gasteiger partial charge in [-0.1, -0.05) is 40.3 Å². The predicted octanol–water partition coefficient (Wildman–Crippen LogP) is 3.02. The lowest BCUT2D eigenvalue weighted by atomic mass is 10.2. The Morgan fingerprint density at radius 1 is 1.19 bits per heavy atom. The molecule has 0 aliphatic carbocycles. The van der Waals surface area contributed by atoms with Crippen molar-refractivity contribution in [2.75, 3.05) is 4.72 Å². The molecule has 0 aliphatic rings. The Bertz CT molecular complexity index is 792. The molecular weight excluding hydrogens is 379 g/mol. The number of benzene rings is 2. The third kappa shape index (κ3) is 3.78. The minimum Gasteiger partial charge on any atom is -0.389 e. The minimum atomic E-state index is -3.88. The highest BCUT2D eigenvalue weighted by Crippen LogP contribution is 2.22. The van der Waals surface area contributed by atoms with Gasteiger partial charge < -0.3 is 5.73 Å². The highest BCUT2D eigenvalue weighted by molar-refractivity contribution is 9.10. The Hall–Kier alpha value is -1.51. The van der Waals surface area contributed by atoms with Crippen molar-refractivity contribution in [1.29, 1.82) is 0 Å². The predicted molar refractivity (Wildman–Crippen MR) is 87.2 cm³/mol. The zero-order valence-electron chi connectivity index (χ0n) is 10.5. The van der Waals surface area contributed by atoms with Crippen molar-refractivity contribution in [3.63, 3.8) is 0 Å². The molecule has 21 heavy (non-hydrogen) atoms. The number of nitrogens with one attached hydrogen (secondary N) is 1. The summed E-state index contributed by atoms with van der Waals surface area (Å²) in [5.41, 5.74) is 5.87. The van der Waals surface area contributed by atoms with Gasteiger partial charge in [-0.05, 0) is 30.3 Å². The van der Waals surface area contributed by atoms with Gasteiger partial charge in [0.15, 0.2) is 0 Å². The molecule has 0 heterocycles. The fraction of sp³-hybridized carbons (Fsp3) is 0. The Labute approximate surface area is 135 Å². The van der Waals surface area contributed by atoms with Crippen LogP contribution in [0.4, 0.5) is 10.1 Å². The molecule has 2 aromatic carbocycles. The first-order valence-corrected chi connectivity index (χ1v) is 8.36. The zero-order valence-corrected chi connectivity index (χ0v) is 13.7. The molecule has 0 aliphatic heterocycles. The molecule has 0 unspecified atom stereocenters. The second-order valence-electron chi connectivity index (χ2n) is 4.12. The Balaban J connectivity index is 2.31. The molecule has 0 spiro atoms. The van der Waals surface area contributed by atoms with E-state index in [0.717, 1.165) is 0 Å². The summed E-state index contributed by atoms with van der Waals surface area (Å²) in [6, 6.07) is 9.75. The van der Waals surface area contributed by atoms with Gasteiger partial charge in [0.25, 0.3) is 10.0 Å². The molecule has 2 rings (SSSR count). The number of anilines is 1. The van der Waals surface area contributed by atoms with E-state index in [1.54, 1.807) is 0 Å². The van der Waals surface area contributed by atoms with E-state index in [2.05, 4.69) is 20.7 Å². The summed E-state index contributed by atoms with van der Waals surface area (Å²) in [5.74, 6) is -0.673. The van der Waals surface area contributed by atoms with E-state index in [9.17, 15) is 12.8 Å². The quantitative estimate of drug-likeness (QED) is 0.789. The number of hydrogen-bond donors (Lipinski definition) is 2. The van der Waals surface area contributed by atoms with E-state index in [4.69, 9.17) is 18.0 Å². The fourth-order valence-corrected chi connectivity index (χ4v) is 3.11. The van der Waals surface area contributed by atoms with E-state index < -0.39 is 15.8 Å². The van der Waals surface area contributed by atoms with Crippen LogP contribution in [-0.2, 0) is 10.0 Å². The highest BCUT2D eigenvalue weighted by atomic mass is 79.9. The summed E-state index contributed by atoms with van der Waals surface area (Å²) in [7, 11) is -3.88. The van der Waals surface area contributed by atoms with Gasteiger partial charge in [-0.3, -0.25) is 4.72 Å². The Morgan fingerprint density at radius 2 is 1.81 bits per heavy atom. The number of thiocarbonyl (C=S) groups is 1. The average molecular weight is 389 g/mol. The van der Waals surface area contributed by atoms with Crippen molar-refractivity contribution in [3.8, 4) is 0 Å². The zero-order chi connectivity index (χ0) is 15.6. The van der Waals surface area contributed by atoms with Gasteiger partial charge in [-0.25, -0.2) is 12.8 Å². The minimum absolute atomic E-state index is 0.00943. The number of halogens is 2. The van der Waals surface area contributed by atoms with Crippen LogP contribution in [0.1, 0.15) is 5.56 Å². The summed E-state index contributed by atoms with van der Waals surface area (Å²) >= 11 is 7.89. The van der Waals surface area contributed by atoms with Crippen LogP contribution in [0.3, 0.4) is 0 Å². The van der Waals surface area contributed by atoms with Gasteiger partial charge in [0.1, 0.15) is 10.8 Å². The van der Waals surface area contributed by atoms with Crippen molar-refractivity contribution in [2.45, 2.75) is 4.90 Å². The van der Waals surface area contributed by atoms with E-state index in [-0.39, 0.29) is 15.6 Å². The normalized spacial score (nSPS) is 11.1. The first kappa shape index (κ1) is 15.9. The molecule has 0 atom stereocenters. The first-order chi connectivity index (χ1) is 9.79. The second-order valence-corrected chi connectivity index (χ2v) is 7.16. The average Bonchev–Trinajstić information content (AvgIpc) is 2.42. The van der Waals surface area contributed by atoms with Crippen LogP contribution >= 0.6 is 28.1 Å². The molecule has 8 heteroatoms. The molecule has 3 N–H and O–H groups in total. The summed E-state index contributed by atoms with van der Waals surface area (Å²) in [4.78, 5) is 0.163. The van der Waals surface area contributed by atoms with Crippen LogP contribution in [-0.4, -0.2) is 13.4 Å². The third-order valence-corrected chi connectivity index (χ3v) is 4.73. The fourth-order valence-electron chi connectivity index (χ4n) is 1.57. The largest absolute Gasteiger partial charge is 0.389 e. The van der Waals surface area contributed by atoms with Gasteiger partial charge in [0, 0.05) is 10.0 Å². The summed E-state index contributed by atoms with van der Waals surface area (Å²) in [5, 5.41) is 0. The van der Waals surface area contributed by atoms with Crippen LogP contribution in [0, 0.1) is 5.82 Å². The van der Waals surface area contributed by atoms with Gasteiger partial charge >= 0.3 is 0 Å². The Morgan fingerprint density at radius 3 is 2.33 bits per heavy atom. The summed E-state index contributed by atoms with van der Waals surface area (Å²) in [6.45, 7) is 0.